The van der Waals surface area contributed by atoms with Gasteiger partial charge in [0.05, 0.1) is 52.4 Å². The van der Waals surface area contributed by atoms with Crippen molar-refractivity contribution in [3.05, 3.63) is 0 Å². The summed E-state index contributed by atoms with van der Waals surface area (Å²) in [5, 5.41) is 0. The second kappa shape index (κ2) is 11.6. The summed E-state index contributed by atoms with van der Waals surface area (Å²) in [4.78, 5) is 0. The number of nitrogens with zero attached hydrogens (tertiary/aromatic N) is 2. The lowest BCUT2D eigenvalue weighted by atomic mass is 10.1. The van der Waals surface area contributed by atoms with Crippen LogP contribution in [0.5, 0.6) is 0 Å². The monoisotopic (exact) mass is 352 g/mol. The van der Waals surface area contributed by atoms with Gasteiger partial charge in [0.2, 0.25) is 0 Å². The first kappa shape index (κ1) is 21.2. The quantitative estimate of drug-likeness (QED) is 0.275. The molecule has 2 aliphatic rings. The predicted octanol–water partition coefficient (Wildman–Crippen LogP) is 5.76. The number of hydrogen-bond donors (Lipinski definition) is 0. The van der Waals surface area contributed by atoms with Crippen LogP contribution >= 0.6 is 0 Å². The van der Waals surface area contributed by atoms with Crippen LogP contribution < -0.4 is 0 Å². The Balaban J connectivity index is 1.50. The molecule has 2 saturated heterocycles. The van der Waals surface area contributed by atoms with Crippen molar-refractivity contribution in [2.75, 3.05) is 52.4 Å². The van der Waals surface area contributed by atoms with Crippen molar-refractivity contribution in [1.82, 2.24) is 0 Å². The Morgan fingerprint density at radius 2 is 0.840 bits per heavy atom. The minimum Gasteiger partial charge on any atom is -0.324 e. The lowest BCUT2D eigenvalue weighted by molar-refractivity contribution is -0.917. The van der Waals surface area contributed by atoms with Crippen molar-refractivity contribution in [2.45, 2.75) is 97.3 Å². The van der Waals surface area contributed by atoms with Crippen molar-refractivity contribution in [1.29, 1.82) is 0 Å². The molecule has 2 rings (SSSR count). The highest BCUT2D eigenvalue weighted by atomic mass is 15.4. The third kappa shape index (κ3) is 7.21. The van der Waals surface area contributed by atoms with Gasteiger partial charge < -0.3 is 8.97 Å². The molecule has 0 atom stereocenters. The normalized spacial score (nSPS) is 21.8. The van der Waals surface area contributed by atoms with Gasteiger partial charge in [0, 0.05) is 25.7 Å². The Labute approximate surface area is 159 Å². The van der Waals surface area contributed by atoms with E-state index in [9.17, 15) is 0 Å². The third-order valence-corrected chi connectivity index (χ3v) is 7.23. The Kier molecular flexibility index (Phi) is 9.84. The van der Waals surface area contributed by atoms with Crippen LogP contribution in [0.2, 0.25) is 0 Å². The molecule has 2 heteroatoms. The van der Waals surface area contributed by atoms with Gasteiger partial charge in [-0.05, 0) is 38.5 Å². The zero-order chi connectivity index (χ0) is 17.8. The van der Waals surface area contributed by atoms with Gasteiger partial charge >= 0.3 is 0 Å². The molecular formula is C23H48N2+2. The van der Waals surface area contributed by atoms with E-state index in [2.05, 4.69) is 13.8 Å². The molecule has 0 aromatic carbocycles. The smallest absolute Gasteiger partial charge is 0.0788 e. The summed E-state index contributed by atoms with van der Waals surface area (Å²) in [5.41, 5.74) is 0. The SMILES string of the molecule is CCCC[N+]1(CCCCCCCC[N+]2(CCC)CCCC2)CCCC1. The Morgan fingerprint density at radius 3 is 1.28 bits per heavy atom. The predicted molar refractivity (Wildman–Crippen MR) is 111 cm³/mol. The zero-order valence-electron chi connectivity index (χ0n) is 17.7. The first-order valence-corrected chi connectivity index (χ1v) is 11.9. The van der Waals surface area contributed by atoms with Crippen LogP contribution in [0.25, 0.3) is 0 Å². The Bertz CT molecular complexity index is 327. The van der Waals surface area contributed by atoms with Gasteiger partial charge in [-0.25, -0.2) is 0 Å². The molecule has 2 fully saturated rings. The maximum absolute atomic E-state index is 2.37. The number of likely N-dealkylation sites (tertiary alicyclic amines) is 2. The summed E-state index contributed by atoms with van der Waals surface area (Å²) in [6.07, 6.45) is 19.0. The molecule has 25 heavy (non-hydrogen) atoms. The fourth-order valence-corrected chi connectivity index (χ4v) is 5.70. The van der Waals surface area contributed by atoms with Crippen molar-refractivity contribution >= 4 is 0 Å². The van der Waals surface area contributed by atoms with Crippen LogP contribution in [-0.4, -0.2) is 61.3 Å². The number of rotatable bonds is 14. The number of unbranched alkanes of at least 4 members (excludes halogenated alkanes) is 6. The molecule has 0 aliphatic carbocycles. The molecule has 0 aromatic heterocycles. The summed E-state index contributed by atoms with van der Waals surface area (Å²) < 4.78 is 2.94. The molecule has 0 aromatic rings. The molecule has 0 saturated carbocycles. The Morgan fingerprint density at radius 1 is 0.440 bits per heavy atom. The van der Waals surface area contributed by atoms with Gasteiger partial charge in [-0.3, -0.25) is 0 Å². The van der Waals surface area contributed by atoms with Crippen molar-refractivity contribution in [3.8, 4) is 0 Å². The average Bonchev–Trinajstić information content (AvgIpc) is 3.27. The molecule has 0 unspecified atom stereocenters. The topological polar surface area (TPSA) is 0 Å². The van der Waals surface area contributed by atoms with E-state index in [4.69, 9.17) is 0 Å². The van der Waals surface area contributed by atoms with E-state index in [1.54, 1.807) is 0 Å². The first-order valence-electron chi connectivity index (χ1n) is 11.9. The van der Waals surface area contributed by atoms with Gasteiger partial charge in [-0.15, -0.1) is 0 Å². The van der Waals surface area contributed by atoms with Gasteiger partial charge in [-0.1, -0.05) is 33.1 Å². The fourth-order valence-electron chi connectivity index (χ4n) is 5.70. The highest BCUT2D eigenvalue weighted by Crippen LogP contribution is 2.23. The highest BCUT2D eigenvalue weighted by molar-refractivity contribution is 4.58. The minimum atomic E-state index is 1.37. The maximum Gasteiger partial charge on any atom is 0.0788 e. The van der Waals surface area contributed by atoms with E-state index in [-0.39, 0.29) is 0 Å². The van der Waals surface area contributed by atoms with Gasteiger partial charge in [0.15, 0.2) is 0 Å². The van der Waals surface area contributed by atoms with Crippen LogP contribution in [0.15, 0.2) is 0 Å². The molecule has 2 nitrogen and oxygen atoms in total. The summed E-state index contributed by atoms with van der Waals surface area (Å²) in [6, 6.07) is 0. The van der Waals surface area contributed by atoms with Crippen LogP contribution in [0.3, 0.4) is 0 Å². The van der Waals surface area contributed by atoms with Crippen LogP contribution in [-0.2, 0) is 0 Å². The average molecular weight is 353 g/mol. The largest absolute Gasteiger partial charge is 0.324 e. The minimum absolute atomic E-state index is 1.37. The van der Waals surface area contributed by atoms with E-state index >= 15 is 0 Å². The number of hydrogen-bond acceptors (Lipinski definition) is 0. The van der Waals surface area contributed by atoms with Crippen molar-refractivity contribution < 1.29 is 8.97 Å². The summed E-state index contributed by atoms with van der Waals surface area (Å²) in [6.45, 7) is 16.5. The van der Waals surface area contributed by atoms with Crippen molar-refractivity contribution in [2.24, 2.45) is 0 Å². The van der Waals surface area contributed by atoms with Gasteiger partial charge in [0.1, 0.15) is 0 Å². The summed E-state index contributed by atoms with van der Waals surface area (Å²) >= 11 is 0. The molecule has 0 N–H and O–H groups in total. The fraction of sp³-hybridized carbons (Fsp3) is 1.00. The zero-order valence-corrected chi connectivity index (χ0v) is 17.7. The van der Waals surface area contributed by atoms with Crippen LogP contribution in [0.1, 0.15) is 97.3 Å². The summed E-state index contributed by atoms with van der Waals surface area (Å²) in [7, 11) is 0. The molecule has 0 radical (unpaired) electrons. The molecule has 148 valence electrons. The second-order valence-electron chi connectivity index (χ2n) is 9.36. The highest BCUT2D eigenvalue weighted by Gasteiger charge is 2.31. The molecular weight excluding hydrogens is 304 g/mol. The molecule has 0 spiro atoms. The molecule has 0 bridgehead atoms. The number of quaternary nitrogens is 2. The lowest BCUT2D eigenvalue weighted by Gasteiger charge is -2.34. The van der Waals surface area contributed by atoms with Crippen molar-refractivity contribution in [3.63, 3.8) is 0 Å². The maximum atomic E-state index is 2.37. The third-order valence-electron chi connectivity index (χ3n) is 7.23. The van der Waals surface area contributed by atoms with E-state index < -0.39 is 0 Å². The molecule has 2 aliphatic heterocycles. The lowest BCUT2D eigenvalue weighted by Crippen LogP contribution is -2.46. The van der Waals surface area contributed by atoms with E-state index in [1.807, 2.05) is 0 Å². The molecule has 0 amide bonds. The van der Waals surface area contributed by atoms with Crippen LogP contribution in [0.4, 0.5) is 0 Å². The second-order valence-corrected chi connectivity index (χ2v) is 9.36. The standard InChI is InChI=1S/C23H48N2/c1-3-5-17-25(22-14-15-23-25)19-11-9-7-6-8-10-18-24(16-4-2)20-12-13-21-24/h3-23H2,1-2H3/q+2. The Hall–Kier alpha value is -0.0800. The van der Waals surface area contributed by atoms with E-state index in [0.717, 1.165) is 0 Å². The first-order chi connectivity index (χ1) is 12.2. The van der Waals surface area contributed by atoms with E-state index in [0.29, 0.717) is 0 Å². The molecule has 2 heterocycles. The van der Waals surface area contributed by atoms with Crippen LogP contribution in [0, 0.1) is 0 Å². The summed E-state index contributed by atoms with van der Waals surface area (Å²) in [5.74, 6) is 0. The van der Waals surface area contributed by atoms with Gasteiger partial charge in [-0.2, -0.15) is 0 Å². The van der Waals surface area contributed by atoms with E-state index in [1.165, 1.54) is 145 Å². The van der Waals surface area contributed by atoms with Gasteiger partial charge in [0.25, 0.3) is 0 Å².